The average molecular weight is 201 g/mol. The van der Waals surface area contributed by atoms with Crippen LogP contribution in [0.3, 0.4) is 0 Å². The Balaban J connectivity index is 2.88. The van der Waals surface area contributed by atoms with E-state index in [-0.39, 0.29) is 0 Å². The lowest BCUT2D eigenvalue weighted by Crippen LogP contribution is -2.03. The minimum absolute atomic E-state index is 0.496. The van der Waals surface area contributed by atoms with E-state index in [2.05, 4.69) is 18.6 Å². The molecule has 0 aliphatic heterocycles. The number of rotatable bonds is 10. The van der Waals surface area contributed by atoms with E-state index in [1.165, 1.54) is 6.47 Å². The van der Waals surface area contributed by atoms with Crippen LogP contribution in [-0.2, 0) is 14.3 Å². The van der Waals surface area contributed by atoms with Crippen LogP contribution in [0.5, 0.6) is 0 Å². The summed E-state index contributed by atoms with van der Waals surface area (Å²) in [5.74, 6) is 0.617. The van der Waals surface area contributed by atoms with Crippen molar-refractivity contribution in [2.75, 3.05) is 19.8 Å². The Morgan fingerprint density at radius 2 is 1.71 bits per heavy atom. The predicted octanol–water partition coefficient (Wildman–Crippen LogP) is 2.30. The van der Waals surface area contributed by atoms with E-state index in [4.69, 9.17) is 4.74 Å². The summed E-state index contributed by atoms with van der Waals surface area (Å²) >= 11 is 0. The van der Waals surface area contributed by atoms with Gasteiger partial charge in [0.05, 0.1) is 6.61 Å². The van der Waals surface area contributed by atoms with Gasteiger partial charge in [-0.05, 0) is 25.2 Å². The zero-order valence-electron chi connectivity index (χ0n) is 9.25. The van der Waals surface area contributed by atoms with Gasteiger partial charge in [-0.15, -0.1) is 0 Å². The molecule has 83 valence electrons. The molecular formula is C11H21O3. The highest BCUT2D eigenvalue weighted by molar-refractivity contribution is 5.37. The summed E-state index contributed by atoms with van der Waals surface area (Å²) in [6.07, 6.45) is 4.25. The SMILES string of the molecule is CC(C)COCCCCCCO[C]=O. The maximum Gasteiger partial charge on any atom is 0.417 e. The molecule has 0 aromatic heterocycles. The fourth-order valence-corrected chi connectivity index (χ4v) is 1.09. The van der Waals surface area contributed by atoms with Crippen molar-refractivity contribution in [2.45, 2.75) is 39.5 Å². The lowest BCUT2D eigenvalue weighted by atomic mass is 10.2. The molecule has 3 nitrogen and oxygen atoms in total. The summed E-state index contributed by atoms with van der Waals surface area (Å²) < 4.78 is 9.89. The fraction of sp³-hybridized carbons (Fsp3) is 0.909. The van der Waals surface area contributed by atoms with Gasteiger partial charge in [0, 0.05) is 13.2 Å². The molecule has 0 aromatic rings. The van der Waals surface area contributed by atoms with Crippen molar-refractivity contribution in [1.29, 1.82) is 0 Å². The van der Waals surface area contributed by atoms with Gasteiger partial charge in [0.2, 0.25) is 0 Å². The van der Waals surface area contributed by atoms with E-state index in [1.54, 1.807) is 0 Å². The number of carbonyl (C=O) groups excluding carboxylic acids is 1. The second-order valence-electron chi connectivity index (χ2n) is 3.81. The first kappa shape index (κ1) is 13.4. The maximum absolute atomic E-state index is 9.68. The Bertz CT molecular complexity index is 124. The Morgan fingerprint density at radius 1 is 1.07 bits per heavy atom. The van der Waals surface area contributed by atoms with Gasteiger partial charge < -0.3 is 9.47 Å². The molecule has 0 atom stereocenters. The molecule has 0 aliphatic rings. The van der Waals surface area contributed by atoms with Gasteiger partial charge in [-0.25, -0.2) is 4.79 Å². The van der Waals surface area contributed by atoms with Crippen LogP contribution in [0.25, 0.3) is 0 Å². The zero-order chi connectivity index (χ0) is 10.6. The minimum atomic E-state index is 0.496. The molecule has 0 heterocycles. The number of hydrogen-bond donors (Lipinski definition) is 0. The predicted molar refractivity (Wildman–Crippen MR) is 55.8 cm³/mol. The van der Waals surface area contributed by atoms with Crippen molar-refractivity contribution >= 4 is 6.47 Å². The van der Waals surface area contributed by atoms with E-state index < -0.39 is 0 Å². The van der Waals surface area contributed by atoms with Crippen molar-refractivity contribution in [2.24, 2.45) is 5.92 Å². The summed E-state index contributed by atoms with van der Waals surface area (Å²) in [4.78, 5) is 9.68. The first-order chi connectivity index (χ1) is 6.77. The van der Waals surface area contributed by atoms with Gasteiger partial charge >= 0.3 is 6.47 Å². The average Bonchev–Trinajstić information content (AvgIpc) is 2.15. The summed E-state index contributed by atoms with van der Waals surface area (Å²) in [7, 11) is 0. The Labute approximate surface area is 86.8 Å². The third-order valence-electron chi connectivity index (χ3n) is 1.80. The van der Waals surface area contributed by atoms with Crippen LogP contribution in [0.4, 0.5) is 0 Å². The van der Waals surface area contributed by atoms with Crippen molar-refractivity contribution in [1.82, 2.24) is 0 Å². The van der Waals surface area contributed by atoms with Crippen LogP contribution in [0, 0.1) is 5.92 Å². The molecule has 0 bridgehead atoms. The first-order valence-electron chi connectivity index (χ1n) is 5.34. The van der Waals surface area contributed by atoms with Crippen LogP contribution >= 0.6 is 0 Å². The first-order valence-corrected chi connectivity index (χ1v) is 5.34. The molecule has 0 fully saturated rings. The molecule has 0 saturated heterocycles. The molecule has 14 heavy (non-hydrogen) atoms. The molecule has 1 radical (unpaired) electrons. The normalized spacial score (nSPS) is 10.5. The monoisotopic (exact) mass is 201 g/mol. The largest absolute Gasteiger partial charge is 0.457 e. The van der Waals surface area contributed by atoms with Gasteiger partial charge in [0.1, 0.15) is 0 Å². The lowest BCUT2D eigenvalue weighted by molar-refractivity contribution is 0.106. The third-order valence-corrected chi connectivity index (χ3v) is 1.80. The molecular weight excluding hydrogens is 180 g/mol. The molecule has 0 rings (SSSR count). The highest BCUT2D eigenvalue weighted by atomic mass is 16.5. The molecule has 0 N–H and O–H groups in total. The highest BCUT2D eigenvalue weighted by Gasteiger charge is 1.94. The topological polar surface area (TPSA) is 35.5 Å². The second kappa shape index (κ2) is 10.5. The summed E-state index contributed by atoms with van der Waals surface area (Å²) in [6.45, 7) is 7.90. The molecule has 0 saturated carbocycles. The third kappa shape index (κ3) is 11.4. The summed E-state index contributed by atoms with van der Waals surface area (Å²) in [6, 6.07) is 0. The molecule has 0 spiro atoms. The highest BCUT2D eigenvalue weighted by Crippen LogP contribution is 2.01. The fourth-order valence-electron chi connectivity index (χ4n) is 1.09. The van der Waals surface area contributed by atoms with Crippen molar-refractivity contribution < 1.29 is 14.3 Å². The second-order valence-corrected chi connectivity index (χ2v) is 3.81. The minimum Gasteiger partial charge on any atom is -0.457 e. The molecule has 0 aliphatic carbocycles. The number of unbranched alkanes of at least 4 members (excludes halogenated alkanes) is 3. The van der Waals surface area contributed by atoms with Gasteiger partial charge in [0.25, 0.3) is 0 Å². The van der Waals surface area contributed by atoms with Crippen LogP contribution in [0.1, 0.15) is 39.5 Å². The van der Waals surface area contributed by atoms with Crippen molar-refractivity contribution in [3.05, 3.63) is 0 Å². The van der Waals surface area contributed by atoms with Gasteiger partial charge in [-0.3, -0.25) is 0 Å². The van der Waals surface area contributed by atoms with Gasteiger partial charge in [-0.1, -0.05) is 20.3 Å². The van der Waals surface area contributed by atoms with E-state index in [1.807, 2.05) is 0 Å². The smallest absolute Gasteiger partial charge is 0.417 e. The summed E-state index contributed by atoms with van der Waals surface area (Å²) in [5, 5.41) is 0. The van der Waals surface area contributed by atoms with Crippen molar-refractivity contribution in [3.8, 4) is 0 Å². The van der Waals surface area contributed by atoms with E-state index in [0.717, 1.165) is 38.9 Å². The molecule has 0 amide bonds. The van der Waals surface area contributed by atoms with Crippen molar-refractivity contribution in [3.63, 3.8) is 0 Å². The van der Waals surface area contributed by atoms with Crippen LogP contribution in [-0.4, -0.2) is 26.3 Å². The molecule has 3 heteroatoms. The maximum atomic E-state index is 9.68. The standard InChI is InChI=1S/C11H21O3/c1-11(2)9-13-7-5-3-4-6-8-14-10-12/h11H,3-9H2,1-2H3. The number of ether oxygens (including phenoxy) is 2. The van der Waals surface area contributed by atoms with Crippen LogP contribution in [0.2, 0.25) is 0 Å². The summed E-state index contributed by atoms with van der Waals surface area (Å²) in [5.41, 5.74) is 0. The van der Waals surface area contributed by atoms with Gasteiger partial charge in [-0.2, -0.15) is 0 Å². The Morgan fingerprint density at radius 3 is 2.29 bits per heavy atom. The van der Waals surface area contributed by atoms with E-state index in [9.17, 15) is 4.79 Å². The van der Waals surface area contributed by atoms with Crippen LogP contribution in [0.15, 0.2) is 0 Å². The van der Waals surface area contributed by atoms with E-state index >= 15 is 0 Å². The quantitative estimate of drug-likeness (QED) is 0.509. The van der Waals surface area contributed by atoms with Crippen LogP contribution < -0.4 is 0 Å². The molecule has 0 unspecified atom stereocenters. The number of hydrogen-bond acceptors (Lipinski definition) is 3. The van der Waals surface area contributed by atoms with Gasteiger partial charge in [0.15, 0.2) is 0 Å². The Kier molecular flexibility index (Phi) is 10.1. The Hall–Kier alpha value is -0.570. The lowest BCUT2D eigenvalue weighted by Gasteiger charge is -2.06. The zero-order valence-corrected chi connectivity index (χ0v) is 9.25. The van der Waals surface area contributed by atoms with E-state index in [0.29, 0.717) is 12.5 Å². The molecule has 0 aromatic carbocycles.